The van der Waals surface area contributed by atoms with Crippen molar-refractivity contribution >= 4 is 15.9 Å². The molecule has 2 rings (SSSR count). The minimum Gasteiger partial charge on any atom is -0.406 e. The van der Waals surface area contributed by atoms with E-state index in [0.717, 1.165) is 44.6 Å². The van der Waals surface area contributed by atoms with Gasteiger partial charge in [0.05, 0.1) is 0 Å². The number of hydrogen-bond acceptors (Lipinski definition) is 3. The Hall–Kier alpha value is -0.790. The second-order valence-electron chi connectivity index (χ2n) is 5.36. The first-order valence-corrected chi connectivity index (χ1v) is 8.19. The fourth-order valence-electron chi connectivity index (χ4n) is 2.80. The lowest BCUT2D eigenvalue weighted by atomic mass is 9.99. The molecule has 0 radical (unpaired) electrons. The van der Waals surface area contributed by atoms with Gasteiger partial charge in [-0.2, -0.15) is 0 Å². The molecule has 1 aromatic rings. The van der Waals surface area contributed by atoms with E-state index in [0.29, 0.717) is 4.47 Å². The zero-order valence-electron chi connectivity index (χ0n) is 12.4. The first-order chi connectivity index (χ1) is 10.4. The summed E-state index contributed by atoms with van der Waals surface area (Å²) in [5, 5.41) is 3.29. The Kier molecular flexibility index (Phi) is 6.11. The standard InChI is InChI=1S/C15H20BrF3N2O/c1-2-3-14(21-6-4-20-5-7-21)11-8-12(16)10-13(9-11)22-15(17,18)19/h8-10,14,20H,2-7H2,1H3/t14-/m1/s1. The Labute approximate surface area is 136 Å². The maximum Gasteiger partial charge on any atom is 0.573 e. The minimum atomic E-state index is -4.67. The molecule has 1 N–H and O–H groups in total. The molecule has 22 heavy (non-hydrogen) atoms. The SMILES string of the molecule is CCC[C@H](c1cc(Br)cc(OC(F)(F)F)c1)N1CCNCC1. The molecular weight excluding hydrogens is 361 g/mol. The summed E-state index contributed by atoms with van der Waals surface area (Å²) >= 11 is 3.29. The van der Waals surface area contributed by atoms with Crippen LogP contribution in [0.1, 0.15) is 31.4 Å². The van der Waals surface area contributed by atoms with Crippen LogP contribution in [0.3, 0.4) is 0 Å². The maximum absolute atomic E-state index is 12.5. The number of piperazine rings is 1. The van der Waals surface area contributed by atoms with Crippen molar-refractivity contribution in [1.29, 1.82) is 0 Å². The Balaban J connectivity index is 2.26. The van der Waals surface area contributed by atoms with Crippen molar-refractivity contribution in [3.63, 3.8) is 0 Å². The number of ether oxygens (including phenoxy) is 1. The summed E-state index contributed by atoms with van der Waals surface area (Å²) in [5.41, 5.74) is 0.859. The quantitative estimate of drug-likeness (QED) is 0.832. The number of hydrogen-bond donors (Lipinski definition) is 1. The van der Waals surface area contributed by atoms with Gasteiger partial charge < -0.3 is 10.1 Å². The minimum absolute atomic E-state index is 0.111. The molecule has 1 aliphatic heterocycles. The third kappa shape index (κ3) is 5.14. The number of rotatable bonds is 5. The summed E-state index contributed by atoms with van der Waals surface area (Å²) in [6, 6.07) is 4.84. The molecular formula is C15H20BrF3N2O. The summed E-state index contributed by atoms with van der Waals surface area (Å²) in [7, 11) is 0. The highest BCUT2D eigenvalue weighted by Crippen LogP contribution is 2.33. The van der Waals surface area contributed by atoms with Gasteiger partial charge in [0, 0.05) is 36.7 Å². The van der Waals surface area contributed by atoms with Gasteiger partial charge in [-0.1, -0.05) is 29.3 Å². The second kappa shape index (κ2) is 7.66. The van der Waals surface area contributed by atoms with Crippen LogP contribution in [0.5, 0.6) is 5.75 Å². The van der Waals surface area contributed by atoms with Gasteiger partial charge in [0.1, 0.15) is 5.75 Å². The summed E-state index contributed by atoms with van der Waals surface area (Å²) in [5.74, 6) is -0.173. The fourth-order valence-corrected chi connectivity index (χ4v) is 3.29. The molecule has 0 amide bonds. The highest BCUT2D eigenvalue weighted by atomic mass is 79.9. The van der Waals surface area contributed by atoms with Gasteiger partial charge in [-0.05, 0) is 30.2 Å². The van der Waals surface area contributed by atoms with Crippen molar-refractivity contribution in [1.82, 2.24) is 10.2 Å². The lowest BCUT2D eigenvalue weighted by Gasteiger charge is -2.35. The number of halogens is 4. The molecule has 124 valence electrons. The van der Waals surface area contributed by atoms with Crippen LogP contribution in [0.15, 0.2) is 22.7 Å². The molecule has 7 heteroatoms. The molecule has 0 saturated carbocycles. The van der Waals surface area contributed by atoms with E-state index in [1.807, 2.05) is 6.07 Å². The molecule has 0 unspecified atom stereocenters. The van der Waals surface area contributed by atoms with Crippen molar-refractivity contribution in [3.8, 4) is 5.75 Å². The third-order valence-electron chi connectivity index (χ3n) is 3.67. The average Bonchev–Trinajstić information content (AvgIpc) is 2.43. The molecule has 0 bridgehead atoms. The zero-order valence-corrected chi connectivity index (χ0v) is 14.0. The van der Waals surface area contributed by atoms with E-state index in [4.69, 9.17) is 0 Å². The molecule has 1 fully saturated rings. The number of benzene rings is 1. The van der Waals surface area contributed by atoms with Crippen molar-refractivity contribution in [2.24, 2.45) is 0 Å². The van der Waals surface area contributed by atoms with Crippen LogP contribution in [0.25, 0.3) is 0 Å². The third-order valence-corrected chi connectivity index (χ3v) is 4.12. The molecule has 3 nitrogen and oxygen atoms in total. The van der Waals surface area contributed by atoms with Crippen molar-refractivity contribution in [2.75, 3.05) is 26.2 Å². The van der Waals surface area contributed by atoms with Crippen LogP contribution in [0.4, 0.5) is 13.2 Å². The first-order valence-electron chi connectivity index (χ1n) is 7.40. The largest absolute Gasteiger partial charge is 0.573 e. The van der Waals surface area contributed by atoms with Crippen LogP contribution < -0.4 is 10.1 Å². The molecule has 0 spiro atoms. The topological polar surface area (TPSA) is 24.5 Å². The maximum atomic E-state index is 12.5. The molecule has 1 saturated heterocycles. The Bertz CT molecular complexity index is 490. The van der Waals surface area contributed by atoms with Crippen molar-refractivity contribution < 1.29 is 17.9 Å². The molecule has 1 aromatic carbocycles. The summed E-state index contributed by atoms with van der Waals surface area (Å²) in [6.07, 6.45) is -2.80. The van der Waals surface area contributed by atoms with Gasteiger partial charge in [0.15, 0.2) is 0 Å². The van der Waals surface area contributed by atoms with E-state index >= 15 is 0 Å². The highest BCUT2D eigenvalue weighted by Gasteiger charge is 2.32. The lowest BCUT2D eigenvalue weighted by molar-refractivity contribution is -0.274. The van der Waals surface area contributed by atoms with Crippen LogP contribution in [0.2, 0.25) is 0 Å². The Morgan fingerprint density at radius 2 is 1.95 bits per heavy atom. The van der Waals surface area contributed by atoms with Gasteiger partial charge in [-0.15, -0.1) is 13.2 Å². The van der Waals surface area contributed by atoms with Gasteiger partial charge in [-0.3, -0.25) is 4.90 Å². The van der Waals surface area contributed by atoms with E-state index in [1.165, 1.54) is 12.1 Å². The predicted octanol–water partition coefficient (Wildman–Crippen LogP) is 4.09. The van der Waals surface area contributed by atoms with Crippen molar-refractivity contribution in [2.45, 2.75) is 32.2 Å². The average molecular weight is 381 g/mol. The number of nitrogens with one attached hydrogen (secondary N) is 1. The smallest absolute Gasteiger partial charge is 0.406 e. The van der Waals surface area contributed by atoms with Gasteiger partial charge in [-0.25, -0.2) is 0 Å². The Morgan fingerprint density at radius 1 is 1.27 bits per heavy atom. The van der Waals surface area contributed by atoms with Gasteiger partial charge >= 0.3 is 6.36 Å². The van der Waals surface area contributed by atoms with Crippen LogP contribution in [-0.2, 0) is 0 Å². The van der Waals surface area contributed by atoms with Gasteiger partial charge in [0.2, 0.25) is 0 Å². The van der Waals surface area contributed by atoms with E-state index in [9.17, 15) is 13.2 Å². The fraction of sp³-hybridized carbons (Fsp3) is 0.600. The highest BCUT2D eigenvalue weighted by molar-refractivity contribution is 9.10. The van der Waals surface area contributed by atoms with E-state index in [1.54, 1.807) is 0 Å². The second-order valence-corrected chi connectivity index (χ2v) is 6.27. The van der Waals surface area contributed by atoms with Crippen LogP contribution in [0, 0.1) is 0 Å². The number of alkyl halides is 3. The normalized spacial score (nSPS) is 18.2. The lowest BCUT2D eigenvalue weighted by Crippen LogP contribution is -2.45. The van der Waals surface area contributed by atoms with E-state index < -0.39 is 6.36 Å². The molecule has 1 aliphatic rings. The van der Waals surface area contributed by atoms with Crippen molar-refractivity contribution in [3.05, 3.63) is 28.2 Å². The van der Waals surface area contributed by atoms with Crippen LogP contribution in [-0.4, -0.2) is 37.4 Å². The predicted molar refractivity (Wildman–Crippen MR) is 82.9 cm³/mol. The number of nitrogens with zero attached hydrogens (tertiary/aromatic N) is 1. The zero-order chi connectivity index (χ0) is 16.2. The molecule has 1 atom stereocenters. The van der Waals surface area contributed by atoms with Crippen LogP contribution >= 0.6 is 15.9 Å². The summed E-state index contributed by atoms with van der Waals surface area (Å²) in [6.45, 7) is 5.68. The Morgan fingerprint density at radius 3 is 2.55 bits per heavy atom. The van der Waals surface area contributed by atoms with E-state index in [2.05, 4.69) is 37.8 Å². The monoisotopic (exact) mass is 380 g/mol. The molecule has 1 heterocycles. The molecule has 0 aliphatic carbocycles. The van der Waals surface area contributed by atoms with E-state index in [-0.39, 0.29) is 11.8 Å². The summed E-state index contributed by atoms with van der Waals surface area (Å²) in [4.78, 5) is 2.32. The summed E-state index contributed by atoms with van der Waals surface area (Å²) < 4.78 is 42.0. The van der Waals surface area contributed by atoms with Gasteiger partial charge in [0.25, 0.3) is 0 Å². The molecule has 0 aromatic heterocycles. The first kappa shape index (κ1) is 17.6.